The summed E-state index contributed by atoms with van der Waals surface area (Å²) >= 11 is 0. The van der Waals surface area contributed by atoms with E-state index in [-0.39, 0.29) is 6.61 Å². The second-order valence-corrected chi connectivity index (χ2v) is 10.7. The molecule has 0 aliphatic rings. The van der Waals surface area contributed by atoms with Gasteiger partial charge in [-0.1, -0.05) is 71.1 Å². The van der Waals surface area contributed by atoms with E-state index in [2.05, 4.69) is 6.92 Å². The van der Waals surface area contributed by atoms with Gasteiger partial charge in [0, 0.05) is 13.2 Å². The van der Waals surface area contributed by atoms with Gasteiger partial charge in [-0.05, 0) is 33.6 Å². The fourth-order valence-electron chi connectivity index (χ4n) is 2.51. The molecule has 0 aromatic carbocycles. The largest absolute Gasteiger partial charge is 0.381 e. The van der Waals surface area contributed by atoms with Gasteiger partial charge in [0.1, 0.15) is 0 Å². The van der Waals surface area contributed by atoms with Crippen molar-refractivity contribution in [3.05, 3.63) is 0 Å². The zero-order valence-corrected chi connectivity index (χ0v) is 18.1. The SMILES string of the molecule is CCCCCCCCCCCCCOCCCOP(=O)(O)C(C)(C)C. The third-order valence-electron chi connectivity index (χ3n) is 4.44. The first-order valence-electron chi connectivity index (χ1n) is 10.4. The zero-order valence-electron chi connectivity index (χ0n) is 17.2. The van der Waals surface area contributed by atoms with Gasteiger partial charge >= 0.3 is 7.60 Å². The smallest absolute Gasteiger partial charge is 0.333 e. The van der Waals surface area contributed by atoms with E-state index in [0.717, 1.165) is 13.0 Å². The molecule has 0 aliphatic heterocycles. The van der Waals surface area contributed by atoms with Gasteiger partial charge in [0.15, 0.2) is 0 Å². The molecule has 0 bridgehead atoms. The summed E-state index contributed by atoms with van der Waals surface area (Å²) in [7, 11) is -3.52. The van der Waals surface area contributed by atoms with Crippen LogP contribution in [-0.2, 0) is 13.8 Å². The Balaban J connectivity index is 3.23. The van der Waals surface area contributed by atoms with Crippen LogP contribution in [0, 0.1) is 0 Å². The number of hydrogen-bond acceptors (Lipinski definition) is 3. The Morgan fingerprint density at radius 2 is 1.16 bits per heavy atom. The first-order valence-corrected chi connectivity index (χ1v) is 11.9. The van der Waals surface area contributed by atoms with Crippen molar-refractivity contribution in [2.75, 3.05) is 19.8 Å². The minimum atomic E-state index is -3.52. The van der Waals surface area contributed by atoms with E-state index in [1.807, 2.05) is 0 Å². The lowest BCUT2D eigenvalue weighted by Crippen LogP contribution is -2.17. The third-order valence-corrected chi connectivity index (χ3v) is 6.67. The Morgan fingerprint density at radius 3 is 1.64 bits per heavy atom. The molecule has 0 aromatic heterocycles. The maximum absolute atomic E-state index is 11.9. The van der Waals surface area contributed by atoms with E-state index < -0.39 is 12.8 Å². The van der Waals surface area contributed by atoms with Crippen molar-refractivity contribution in [2.24, 2.45) is 0 Å². The Kier molecular flexibility index (Phi) is 15.3. The van der Waals surface area contributed by atoms with Crippen molar-refractivity contribution in [1.82, 2.24) is 0 Å². The molecule has 0 heterocycles. The van der Waals surface area contributed by atoms with Crippen LogP contribution >= 0.6 is 7.60 Å². The summed E-state index contributed by atoms with van der Waals surface area (Å²) in [6.45, 7) is 9.08. The van der Waals surface area contributed by atoms with Crippen molar-refractivity contribution >= 4 is 7.60 Å². The molecule has 0 spiro atoms. The molecule has 1 N–H and O–H groups in total. The van der Waals surface area contributed by atoms with Gasteiger partial charge in [-0.3, -0.25) is 4.57 Å². The molecule has 0 radical (unpaired) electrons. The van der Waals surface area contributed by atoms with Crippen molar-refractivity contribution in [3.8, 4) is 0 Å². The first kappa shape index (κ1) is 25.1. The van der Waals surface area contributed by atoms with E-state index in [4.69, 9.17) is 9.26 Å². The Labute approximate surface area is 156 Å². The van der Waals surface area contributed by atoms with Crippen molar-refractivity contribution in [1.29, 1.82) is 0 Å². The molecule has 0 saturated carbocycles. The molecule has 0 rings (SSSR count). The Morgan fingerprint density at radius 1 is 0.720 bits per heavy atom. The van der Waals surface area contributed by atoms with Crippen LogP contribution in [0.1, 0.15) is 105 Å². The second-order valence-electron chi connectivity index (χ2n) is 8.03. The lowest BCUT2D eigenvalue weighted by Gasteiger charge is -2.24. The highest BCUT2D eigenvalue weighted by Gasteiger charge is 2.35. The molecule has 0 aliphatic carbocycles. The molecule has 25 heavy (non-hydrogen) atoms. The summed E-state index contributed by atoms with van der Waals surface area (Å²) in [4.78, 5) is 9.76. The number of rotatable bonds is 17. The van der Waals surface area contributed by atoms with Crippen LogP contribution in [0.5, 0.6) is 0 Å². The minimum absolute atomic E-state index is 0.281. The molecule has 1 atom stereocenters. The van der Waals surface area contributed by atoms with Gasteiger partial charge in [0.05, 0.1) is 11.8 Å². The molecule has 0 amide bonds. The maximum atomic E-state index is 11.9. The lowest BCUT2D eigenvalue weighted by molar-refractivity contribution is 0.112. The van der Waals surface area contributed by atoms with E-state index in [9.17, 15) is 9.46 Å². The first-order chi connectivity index (χ1) is 11.8. The quantitative estimate of drug-likeness (QED) is 0.226. The summed E-state index contributed by atoms with van der Waals surface area (Å²) in [5, 5.41) is -0.719. The number of ether oxygens (including phenoxy) is 1. The maximum Gasteiger partial charge on any atom is 0.333 e. The van der Waals surface area contributed by atoms with Gasteiger partial charge in [-0.2, -0.15) is 0 Å². The van der Waals surface area contributed by atoms with Crippen LogP contribution in [0.25, 0.3) is 0 Å². The van der Waals surface area contributed by atoms with Gasteiger partial charge in [0.25, 0.3) is 0 Å². The predicted octanol–water partition coefficient (Wildman–Crippen LogP) is 6.70. The molecule has 0 fully saturated rings. The van der Waals surface area contributed by atoms with Crippen molar-refractivity contribution < 1.29 is 18.7 Å². The van der Waals surface area contributed by atoms with E-state index in [1.54, 1.807) is 20.8 Å². The topological polar surface area (TPSA) is 55.8 Å². The van der Waals surface area contributed by atoms with E-state index in [0.29, 0.717) is 13.0 Å². The van der Waals surface area contributed by atoms with Crippen LogP contribution < -0.4 is 0 Å². The predicted molar refractivity (Wildman–Crippen MR) is 107 cm³/mol. The molecule has 0 aromatic rings. The summed E-state index contributed by atoms with van der Waals surface area (Å²) in [5.74, 6) is 0. The summed E-state index contributed by atoms with van der Waals surface area (Å²) in [6, 6.07) is 0. The van der Waals surface area contributed by atoms with Crippen LogP contribution in [-0.4, -0.2) is 29.9 Å². The van der Waals surface area contributed by atoms with Gasteiger partial charge in [0.2, 0.25) is 0 Å². The molecule has 4 nitrogen and oxygen atoms in total. The summed E-state index contributed by atoms with van der Waals surface area (Å²) in [6.07, 6.45) is 15.4. The van der Waals surface area contributed by atoms with Crippen LogP contribution in [0.15, 0.2) is 0 Å². The second kappa shape index (κ2) is 15.2. The molecular weight excluding hydrogens is 335 g/mol. The fraction of sp³-hybridized carbons (Fsp3) is 1.00. The van der Waals surface area contributed by atoms with Gasteiger partial charge < -0.3 is 14.2 Å². The number of unbranched alkanes of at least 4 members (excludes halogenated alkanes) is 10. The average Bonchev–Trinajstić information content (AvgIpc) is 2.53. The summed E-state index contributed by atoms with van der Waals surface area (Å²) < 4.78 is 22.6. The molecule has 0 saturated heterocycles. The highest BCUT2D eigenvalue weighted by atomic mass is 31.2. The highest BCUT2D eigenvalue weighted by molar-refractivity contribution is 7.54. The van der Waals surface area contributed by atoms with Crippen LogP contribution in [0.3, 0.4) is 0 Å². The number of hydrogen-bond donors (Lipinski definition) is 1. The monoisotopic (exact) mass is 378 g/mol. The highest BCUT2D eigenvalue weighted by Crippen LogP contribution is 2.54. The van der Waals surface area contributed by atoms with Crippen molar-refractivity contribution in [2.45, 2.75) is 110 Å². The van der Waals surface area contributed by atoms with E-state index in [1.165, 1.54) is 64.2 Å². The molecule has 5 heteroatoms. The minimum Gasteiger partial charge on any atom is -0.381 e. The normalized spacial score (nSPS) is 14.6. The summed E-state index contributed by atoms with van der Waals surface area (Å²) in [5.41, 5.74) is 0. The van der Waals surface area contributed by atoms with Gasteiger partial charge in [-0.25, -0.2) is 0 Å². The molecule has 1 unspecified atom stereocenters. The van der Waals surface area contributed by atoms with Gasteiger partial charge in [-0.15, -0.1) is 0 Å². The van der Waals surface area contributed by atoms with Crippen LogP contribution in [0.2, 0.25) is 0 Å². The Hall–Kier alpha value is 0.110. The van der Waals surface area contributed by atoms with Crippen molar-refractivity contribution in [3.63, 3.8) is 0 Å². The standard InChI is InChI=1S/C20H43O4P/c1-5-6-7-8-9-10-11-12-13-14-15-17-23-18-16-19-24-25(21,22)20(2,3)4/h5-19H2,1-4H3,(H,21,22). The lowest BCUT2D eigenvalue weighted by atomic mass is 10.1. The zero-order chi connectivity index (χ0) is 19.0. The Bertz CT molecular complexity index is 339. The third kappa shape index (κ3) is 14.9. The fourth-order valence-corrected chi connectivity index (χ4v) is 3.28. The average molecular weight is 379 g/mol. The van der Waals surface area contributed by atoms with E-state index >= 15 is 0 Å². The molecular formula is C20H43O4P. The molecule has 152 valence electrons. The van der Waals surface area contributed by atoms with Crippen LogP contribution in [0.4, 0.5) is 0 Å².